The molecule has 0 bridgehead atoms. The summed E-state index contributed by atoms with van der Waals surface area (Å²) in [7, 11) is 0. The van der Waals surface area contributed by atoms with E-state index in [1.807, 2.05) is 0 Å². The molecule has 5 heteroatoms. The Labute approximate surface area is 105 Å². The third-order valence-corrected chi connectivity index (χ3v) is 3.33. The Hall–Kier alpha value is -1.78. The van der Waals surface area contributed by atoms with Crippen molar-refractivity contribution >= 4 is 11.9 Å². The highest BCUT2D eigenvalue weighted by Crippen LogP contribution is 2.21. The molecule has 5 nitrogen and oxygen atoms in total. The molecule has 1 aliphatic rings. The fourth-order valence-electron chi connectivity index (χ4n) is 2.38. The monoisotopic (exact) mass is 251 g/mol. The molecule has 1 aromatic rings. The largest absolute Gasteiger partial charge is 0.481 e. The average molecular weight is 251 g/mol. The lowest BCUT2D eigenvalue weighted by Crippen LogP contribution is -2.42. The molecule has 1 atom stereocenters. The van der Waals surface area contributed by atoms with Crippen LogP contribution in [0.4, 0.5) is 0 Å². The van der Waals surface area contributed by atoms with E-state index < -0.39 is 11.9 Å². The summed E-state index contributed by atoms with van der Waals surface area (Å²) < 4.78 is 5.34. The lowest BCUT2D eigenvalue weighted by atomic mass is 9.97. The van der Waals surface area contributed by atoms with Crippen LogP contribution in [-0.4, -0.2) is 35.0 Å². The van der Waals surface area contributed by atoms with E-state index in [9.17, 15) is 9.59 Å². The van der Waals surface area contributed by atoms with Crippen LogP contribution in [0.3, 0.4) is 0 Å². The average Bonchev–Trinajstić information content (AvgIpc) is 2.67. The first kappa shape index (κ1) is 12.7. The first-order chi connectivity index (χ1) is 8.49. The SMILES string of the molecule is Cc1cc(C(=O)N2CCC[C@@H](C(=O)O)C2)c(C)o1. The molecule has 2 heterocycles. The molecule has 2 rings (SSSR count). The van der Waals surface area contributed by atoms with Crippen LogP contribution in [-0.2, 0) is 4.79 Å². The molecule has 1 aliphatic heterocycles. The molecule has 0 aromatic carbocycles. The smallest absolute Gasteiger partial charge is 0.308 e. The minimum absolute atomic E-state index is 0.129. The van der Waals surface area contributed by atoms with Crippen LogP contribution >= 0.6 is 0 Å². The number of hydrogen-bond donors (Lipinski definition) is 1. The topological polar surface area (TPSA) is 70.8 Å². The number of carbonyl (C=O) groups is 2. The fourth-order valence-corrected chi connectivity index (χ4v) is 2.38. The van der Waals surface area contributed by atoms with Crippen LogP contribution in [0.15, 0.2) is 10.5 Å². The maximum absolute atomic E-state index is 12.3. The second kappa shape index (κ2) is 4.84. The summed E-state index contributed by atoms with van der Waals surface area (Å²) in [5.41, 5.74) is 0.540. The maximum Gasteiger partial charge on any atom is 0.308 e. The van der Waals surface area contributed by atoms with E-state index in [1.165, 1.54) is 0 Å². The van der Waals surface area contributed by atoms with E-state index in [0.717, 1.165) is 6.42 Å². The van der Waals surface area contributed by atoms with Crippen molar-refractivity contribution < 1.29 is 19.1 Å². The minimum atomic E-state index is -0.826. The van der Waals surface area contributed by atoms with Crippen molar-refractivity contribution in [3.63, 3.8) is 0 Å². The second-order valence-electron chi connectivity index (χ2n) is 4.76. The number of carbonyl (C=O) groups excluding carboxylic acids is 1. The number of carboxylic acid groups (broad SMARTS) is 1. The summed E-state index contributed by atoms with van der Waals surface area (Å²) in [6.45, 7) is 4.45. The molecule has 1 amide bonds. The zero-order chi connectivity index (χ0) is 13.3. The van der Waals surface area contributed by atoms with Crippen LogP contribution in [0.5, 0.6) is 0 Å². The normalized spacial score (nSPS) is 19.9. The van der Waals surface area contributed by atoms with Crippen LogP contribution in [0.2, 0.25) is 0 Å². The highest BCUT2D eigenvalue weighted by atomic mass is 16.4. The molecule has 0 unspecified atom stereocenters. The number of aryl methyl sites for hydroxylation is 2. The van der Waals surface area contributed by atoms with Crippen LogP contribution < -0.4 is 0 Å². The Kier molecular flexibility index (Phi) is 3.41. The zero-order valence-corrected chi connectivity index (χ0v) is 10.6. The van der Waals surface area contributed by atoms with Gasteiger partial charge in [0.1, 0.15) is 11.5 Å². The fraction of sp³-hybridized carbons (Fsp3) is 0.538. The molecule has 1 saturated heterocycles. The highest BCUT2D eigenvalue weighted by Gasteiger charge is 2.29. The Morgan fingerprint density at radius 3 is 2.72 bits per heavy atom. The predicted molar refractivity (Wildman–Crippen MR) is 64.4 cm³/mol. The van der Waals surface area contributed by atoms with Gasteiger partial charge < -0.3 is 14.4 Å². The van der Waals surface area contributed by atoms with E-state index >= 15 is 0 Å². The van der Waals surface area contributed by atoms with Crippen LogP contribution in [0.25, 0.3) is 0 Å². The number of amides is 1. The van der Waals surface area contributed by atoms with Gasteiger partial charge in [0.2, 0.25) is 0 Å². The molecule has 0 aliphatic carbocycles. The van der Waals surface area contributed by atoms with Gasteiger partial charge in [-0.1, -0.05) is 0 Å². The van der Waals surface area contributed by atoms with Crippen molar-refractivity contribution in [1.82, 2.24) is 4.90 Å². The molecule has 0 spiro atoms. The Balaban J connectivity index is 2.14. The van der Waals surface area contributed by atoms with E-state index in [-0.39, 0.29) is 12.5 Å². The molecular formula is C13H17NO4. The van der Waals surface area contributed by atoms with Crippen molar-refractivity contribution in [3.8, 4) is 0 Å². The number of nitrogens with zero attached hydrogens (tertiary/aromatic N) is 1. The van der Waals surface area contributed by atoms with Crippen molar-refractivity contribution in [1.29, 1.82) is 0 Å². The van der Waals surface area contributed by atoms with E-state index in [1.54, 1.807) is 24.8 Å². The first-order valence-corrected chi connectivity index (χ1v) is 6.08. The van der Waals surface area contributed by atoms with Gasteiger partial charge in [0, 0.05) is 13.1 Å². The minimum Gasteiger partial charge on any atom is -0.481 e. The van der Waals surface area contributed by atoms with Gasteiger partial charge in [0.15, 0.2) is 0 Å². The second-order valence-corrected chi connectivity index (χ2v) is 4.76. The van der Waals surface area contributed by atoms with Crippen LogP contribution in [0.1, 0.15) is 34.7 Å². The van der Waals surface area contributed by atoms with Crippen LogP contribution in [0, 0.1) is 19.8 Å². The van der Waals surface area contributed by atoms with Crippen molar-refractivity contribution in [3.05, 3.63) is 23.2 Å². The molecule has 18 heavy (non-hydrogen) atoms. The number of likely N-dealkylation sites (tertiary alicyclic amines) is 1. The summed E-state index contributed by atoms with van der Waals surface area (Å²) in [6, 6.07) is 1.71. The van der Waals surface area contributed by atoms with Gasteiger partial charge >= 0.3 is 5.97 Å². The number of aliphatic carboxylic acids is 1. The summed E-state index contributed by atoms with van der Waals surface area (Å²) in [6.07, 6.45) is 1.38. The molecule has 0 radical (unpaired) electrons. The molecule has 0 saturated carbocycles. The number of hydrogen-bond acceptors (Lipinski definition) is 3. The van der Waals surface area contributed by atoms with E-state index in [4.69, 9.17) is 9.52 Å². The number of furan rings is 1. The Morgan fingerprint density at radius 1 is 1.44 bits per heavy atom. The summed E-state index contributed by atoms with van der Waals surface area (Å²) in [5.74, 6) is -0.114. The first-order valence-electron chi connectivity index (χ1n) is 6.08. The molecule has 1 fully saturated rings. The molecule has 98 valence electrons. The van der Waals surface area contributed by atoms with Gasteiger partial charge in [0.05, 0.1) is 11.5 Å². The Morgan fingerprint density at radius 2 is 2.17 bits per heavy atom. The number of carboxylic acids is 1. The highest BCUT2D eigenvalue weighted by molar-refractivity contribution is 5.95. The third-order valence-electron chi connectivity index (χ3n) is 3.33. The summed E-state index contributed by atoms with van der Waals surface area (Å²) in [5, 5.41) is 9.01. The van der Waals surface area contributed by atoms with Crippen molar-refractivity contribution in [2.24, 2.45) is 5.92 Å². The zero-order valence-electron chi connectivity index (χ0n) is 10.6. The quantitative estimate of drug-likeness (QED) is 0.870. The summed E-state index contributed by atoms with van der Waals surface area (Å²) in [4.78, 5) is 24.9. The van der Waals surface area contributed by atoms with Gasteiger partial charge in [-0.2, -0.15) is 0 Å². The van der Waals surface area contributed by atoms with E-state index in [0.29, 0.717) is 30.0 Å². The van der Waals surface area contributed by atoms with Gasteiger partial charge in [-0.15, -0.1) is 0 Å². The van der Waals surface area contributed by atoms with Crippen molar-refractivity contribution in [2.75, 3.05) is 13.1 Å². The van der Waals surface area contributed by atoms with Crippen molar-refractivity contribution in [2.45, 2.75) is 26.7 Å². The lowest BCUT2D eigenvalue weighted by Gasteiger charge is -2.30. The van der Waals surface area contributed by atoms with Gasteiger partial charge in [-0.05, 0) is 32.8 Å². The molecule has 1 N–H and O–H groups in total. The summed E-state index contributed by atoms with van der Waals surface area (Å²) >= 11 is 0. The lowest BCUT2D eigenvalue weighted by molar-refractivity contribution is -0.143. The maximum atomic E-state index is 12.3. The Bertz CT molecular complexity index is 477. The molecular weight excluding hydrogens is 234 g/mol. The standard InChI is InChI=1S/C13H17NO4/c1-8-6-11(9(2)18-8)12(15)14-5-3-4-10(7-14)13(16)17/h6,10H,3-5,7H2,1-2H3,(H,16,17)/t10-/m1/s1. The number of rotatable bonds is 2. The van der Waals surface area contributed by atoms with Gasteiger partial charge in [-0.25, -0.2) is 0 Å². The molecule has 1 aromatic heterocycles. The van der Waals surface area contributed by atoms with E-state index in [2.05, 4.69) is 0 Å². The van der Waals surface area contributed by atoms with Gasteiger partial charge in [0.25, 0.3) is 5.91 Å². The van der Waals surface area contributed by atoms with Gasteiger partial charge in [-0.3, -0.25) is 9.59 Å². The third kappa shape index (κ3) is 2.39. The number of piperidine rings is 1. The predicted octanol–water partition coefficient (Wildman–Crippen LogP) is 1.83.